The first-order valence-corrected chi connectivity index (χ1v) is 7.23. The average molecular weight is 298 g/mol. The third kappa shape index (κ3) is 3.66. The van der Waals surface area contributed by atoms with Crippen molar-refractivity contribution >= 4 is 21.7 Å². The molecule has 0 atom stereocenters. The number of halogens is 1. The lowest BCUT2D eigenvalue weighted by atomic mass is 9.83. The minimum absolute atomic E-state index is 0.361. The molecule has 4 heteroatoms. The van der Waals surface area contributed by atoms with Crippen LogP contribution in [0.25, 0.3) is 0 Å². The molecule has 0 saturated heterocycles. The van der Waals surface area contributed by atoms with Crippen LogP contribution in [0.5, 0.6) is 0 Å². The zero-order chi connectivity index (χ0) is 12.3. The van der Waals surface area contributed by atoms with Crippen LogP contribution in [-0.2, 0) is 0 Å². The third-order valence-electron chi connectivity index (χ3n) is 3.31. The van der Waals surface area contributed by atoms with E-state index in [9.17, 15) is 0 Å². The van der Waals surface area contributed by atoms with Crippen molar-refractivity contribution in [2.24, 2.45) is 5.92 Å². The zero-order valence-electron chi connectivity index (χ0n) is 10.5. The second kappa shape index (κ2) is 5.80. The molecule has 17 heavy (non-hydrogen) atoms. The number of nitrogens with one attached hydrogen (secondary N) is 1. The van der Waals surface area contributed by atoms with Gasteiger partial charge in [0.1, 0.15) is 16.2 Å². The average Bonchev–Trinajstić information content (AvgIpc) is 2.21. The minimum Gasteiger partial charge on any atom is -0.370 e. The van der Waals surface area contributed by atoms with E-state index in [1.165, 1.54) is 25.7 Å². The molecule has 1 aromatic rings. The van der Waals surface area contributed by atoms with E-state index in [0.717, 1.165) is 28.7 Å². The lowest BCUT2D eigenvalue weighted by Gasteiger charge is -2.25. The van der Waals surface area contributed by atoms with E-state index in [4.69, 9.17) is 0 Å². The fraction of sp³-hybridized carbons (Fsp3) is 0.692. The predicted molar refractivity (Wildman–Crippen MR) is 74.3 cm³/mol. The summed E-state index contributed by atoms with van der Waals surface area (Å²) >= 11 is 3.44. The first-order valence-electron chi connectivity index (χ1n) is 6.43. The molecule has 94 valence electrons. The van der Waals surface area contributed by atoms with Crippen LogP contribution in [-0.4, -0.2) is 16.5 Å². The fourth-order valence-electron chi connectivity index (χ4n) is 1.97. The normalized spacial score (nSPS) is 16.0. The predicted octanol–water partition coefficient (Wildman–Crippen LogP) is 3.96. The summed E-state index contributed by atoms with van der Waals surface area (Å²) < 4.78 is 0.863. The van der Waals surface area contributed by atoms with Crippen molar-refractivity contribution in [1.29, 1.82) is 0 Å². The van der Waals surface area contributed by atoms with Gasteiger partial charge in [-0.3, -0.25) is 0 Å². The molecule has 0 spiro atoms. The van der Waals surface area contributed by atoms with E-state index in [1.54, 1.807) is 0 Å². The van der Waals surface area contributed by atoms with Crippen molar-refractivity contribution in [3.63, 3.8) is 0 Å². The molecular weight excluding hydrogens is 278 g/mol. The maximum atomic E-state index is 4.52. The Bertz CT molecular complexity index is 375. The topological polar surface area (TPSA) is 37.8 Å². The molecule has 1 aliphatic rings. The van der Waals surface area contributed by atoms with Crippen LogP contribution in [0.2, 0.25) is 0 Å². The Morgan fingerprint density at radius 3 is 2.76 bits per heavy atom. The van der Waals surface area contributed by atoms with Crippen LogP contribution in [0.1, 0.15) is 51.3 Å². The highest BCUT2D eigenvalue weighted by molar-refractivity contribution is 9.10. The molecule has 0 amide bonds. The first-order chi connectivity index (χ1) is 8.15. The standard InChI is InChI=1S/C13H20BrN3/c1-9(2)13-16-11(14)8-12(17-13)15-7-6-10-4-3-5-10/h8-10H,3-7H2,1-2H3,(H,15,16,17). The Labute approximate surface area is 112 Å². The van der Waals surface area contributed by atoms with Crippen molar-refractivity contribution in [3.8, 4) is 0 Å². The molecule has 1 aromatic heterocycles. The molecule has 3 nitrogen and oxygen atoms in total. The molecule has 1 saturated carbocycles. The highest BCUT2D eigenvalue weighted by Gasteiger charge is 2.16. The SMILES string of the molecule is CC(C)c1nc(Br)cc(NCCC2CCC2)n1. The lowest BCUT2D eigenvalue weighted by Crippen LogP contribution is -2.16. The smallest absolute Gasteiger partial charge is 0.134 e. The minimum atomic E-state index is 0.361. The van der Waals surface area contributed by atoms with Gasteiger partial charge in [0.05, 0.1) is 0 Å². The van der Waals surface area contributed by atoms with Crippen molar-refractivity contribution in [3.05, 3.63) is 16.5 Å². The van der Waals surface area contributed by atoms with Gasteiger partial charge < -0.3 is 5.32 Å². The number of rotatable bonds is 5. The van der Waals surface area contributed by atoms with E-state index in [-0.39, 0.29) is 0 Å². The van der Waals surface area contributed by atoms with Gasteiger partial charge in [-0.25, -0.2) is 9.97 Å². The largest absolute Gasteiger partial charge is 0.370 e. The molecule has 0 aromatic carbocycles. The summed E-state index contributed by atoms with van der Waals surface area (Å²) in [5.41, 5.74) is 0. The molecule has 1 heterocycles. The van der Waals surface area contributed by atoms with Gasteiger partial charge in [0, 0.05) is 18.5 Å². The second-order valence-electron chi connectivity index (χ2n) is 5.10. The molecule has 1 N–H and O–H groups in total. The van der Waals surface area contributed by atoms with E-state index in [2.05, 4.69) is 45.1 Å². The van der Waals surface area contributed by atoms with Crippen LogP contribution in [0.15, 0.2) is 10.7 Å². The number of hydrogen-bond acceptors (Lipinski definition) is 3. The van der Waals surface area contributed by atoms with Gasteiger partial charge in [-0.05, 0) is 28.3 Å². The lowest BCUT2D eigenvalue weighted by molar-refractivity contribution is 0.303. The molecule has 1 aliphatic carbocycles. The maximum Gasteiger partial charge on any atom is 0.134 e. The van der Waals surface area contributed by atoms with Crippen LogP contribution in [0.4, 0.5) is 5.82 Å². The van der Waals surface area contributed by atoms with Gasteiger partial charge in [-0.2, -0.15) is 0 Å². The van der Waals surface area contributed by atoms with Gasteiger partial charge in [0.25, 0.3) is 0 Å². The molecule has 2 rings (SSSR count). The Morgan fingerprint density at radius 2 is 2.18 bits per heavy atom. The number of aromatic nitrogens is 2. The molecule has 1 fully saturated rings. The van der Waals surface area contributed by atoms with Gasteiger partial charge in [-0.15, -0.1) is 0 Å². The Hall–Kier alpha value is -0.640. The van der Waals surface area contributed by atoms with Crippen LogP contribution < -0.4 is 5.32 Å². The van der Waals surface area contributed by atoms with Crippen LogP contribution >= 0.6 is 15.9 Å². The van der Waals surface area contributed by atoms with Gasteiger partial charge in [-0.1, -0.05) is 33.1 Å². The van der Waals surface area contributed by atoms with E-state index >= 15 is 0 Å². The van der Waals surface area contributed by atoms with Crippen molar-refractivity contribution in [2.75, 3.05) is 11.9 Å². The first kappa shape index (κ1) is 12.8. The van der Waals surface area contributed by atoms with E-state index in [1.807, 2.05) is 6.07 Å². The summed E-state index contributed by atoms with van der Waals surface area (Å²) in [6.07, 6.45) is 5.50. The fourth-order valence-corrected chi connectivity index (χ4v) is 2.37. The van der Waals surface area contributed by atoms with E-state index in [0.29, 0.717) is 5.92 Å². The highest BCUT2D eigenvalue weighted by atomic mass is 79.9. The number of nitrogens with zero attached hydrogens (tertiary/aromatic N) is 2. The summed E-state index contributed by atoms with van der Waals surface area (Å²) in [5.74, 6) is 3.14. The molecular formula is C13H20BrN3. The molecule has 0 aliphatic heterocycles. The monoisotopic (exact) mass is 297 g/mol. The number of anilines is 1. The highest BCUT2D eigenvalue weighted by Crippen LogP contribution is 2.29. The summed E-state index contributed by atoms with van der Waals surface area (Å²) in [4.78, 5) is 8.89. The van der Waals surface area contributed by atoms with Crippen LogP contribution in [0, 0.1) is 5.92 Å². The molecule has 0 radical (unpaired) electrons. The van der Waals surface area contributed by atoms with Gasteiger partial charge in [0.2, 0.25) is 0 Å². The van der Waals surface area contributed by atoms with E-state index < -0.39 is 0 Å². The van der Waals surface area contributed by atoms with Crippen molar-refractivity contribution < 1.29 is 0 Å². The Balaban J connectivity index is 1.90. The third-order valence-corrected chi connectivity index (χ3v) is 3.72. The summed E-state index contributed by atoms with van der Waals surface area (Å²) in [5, 5.41) is 3.40. The second-order valence-corrected chi connectivity index (χ2v) is 5.91. The number of hydrogen-bond donors (Lipinski definition) is 1. The maximum absolute atomic E-state index is 4.52. The Kier molecular flexibility index (Phi) is 4.37. The van der Waals surface area contributed by atoms with Crippen molar-refractivity contribution in [1.82, 2.24) is 9.97 Å². The Morgan fingerprint density at radius 1 is 1.41 bits per heavy atom. The summed E-state index contributed by atoms with van der Waals surface area (Å²) in [6.45, 7) is 5.24. The van der Waals surface area contributed by atoms with Crippen LogP contribution in [0.3, 0.4) is 0 Å². The summed E-state index contributed by atoms with van der Waals surface area (Å²) in [7, 11) is 0. The molecule has 0 unspecified atom stereocenters. The summed E-state index contributed by atoms with van der Waals surface area (Å²) in [6, 6.07) is 1.95. The zero-order valence-corrected chi connectivity index (χ0v) is 12.1. The van der Waals surface area contributed by atoms with Gasteiger partial charge >= 0.3 is 0 Å². The quantitative estimate of drug-likeness (QED) is 0.836. The van der Waals surface area contributed by atoms with Gasteiger partial charge in [0.15, 0.2) is 0 Å². The molecule has 0 bridgehead atoms. The van der Waals surface area contributed by atoms with Crippen molar-refractivity contribution in [2.45, 2.75) is 45.4 Å².